The molecule has 1 amide bonds. The van der Waals surface area contributed by atoms with Crippen molar-refractivity contribution in [3.63, 3.8) is 0 Å². The lowest BCUT2D eigenvalue weighted by Crippen LogP contribution is -2.35. The Bertz CT molecular complexity index is 730. The van der Waals surface area contributed by atoms with Crippen molar-refractivity contribution in [1.29, 1.82) is 0 Å². The molecule has 4 nitrogen and oxygen atoms in total. The van der Waals surface area contributed by atoms with Gasteiger partial charge in [0.05, 0.1) is 18.8 Å². The second kappa shape index (κ2) is 5.36. The summed E-state index contributed by atoms with van der Waals surface area (Å²) >= 11 is 0. The quantitative estimate of drug-likeness (QED) is 0.945. The number of carbonyl (C=O) groups excluding carboxylic acids is 1. The van der Waals surface area contributed by atoms with Gasteiger partial charge in [0, 0.05) is 0 Å². The van der Waals surface area contributed by atoms with E-state index in [2.05, 4.69) is 10.3 Å². The lowest BCUT2D eigenvalue weighted by molar-refractivity contribution is 0.0926. The van der Waals surface area contributed by atoms with E-state index in [9.17, 15) is 13.6 Å². The fourth-order valence-electron chi connectivity index (χ4n) is 2.43. The highest BCUT2D eigenvalue weighted by molar-refractivity contribution is 5.97. The number of nitrogens with zero attached hydrogens (tertiary/aromatic N) is 1. The van der Waals surface area contributed by atoms with E-state index in [1.54, 1.807) is 12.1 Å². The molecule has 2 aromatic rings. The number of amides is 1. The van der Waals surface area contributed by atoms with Crippen molar-refractivity contribution in [2.24, 2.45) is 0 Å². The normalized spacial score (nSPS) is 15.2. The number of ether oxygens (including phenoxy) is 1. The van der Waals surface area contributed by atoms with Crippen molar-refractivity contribution in [3.8, 4) is 5.88 Å². The predicted molar refractivity (Wildman–Crippen MR) is 75.5 cm³/mol. The predicted octanol–water partition coefficient (Wildman–Crippen LogP) is 2.79. The molecule has 0 radical (unpaired) electrons. The zero-order chi connectivity index (χ0) is 15.7. The average Bonchev–Trinajstić information content (AvgIpc) is 3.28. The first-order valence-corrected chi connectivity index (χ1v) is 6.82. The van der Waals surface area contributed by atoms with Gasteiger partial charge in [-0.1, -0.05) is 12.1 Å². The van der Waals surface area contributed by atoms with Crippen LogP contribution >= 0.6 is 0 Å². The Kier molecular flexibility index (Phi) is 3.52. The standard InChI is InChI=1S/C16H14F2N2O2/c1-22-15-13(8-12(18)9-19-15)14(21)20-16(5-6-16)10-3-2-4-11(17)7-10/h2-4,7-9H,5-6H2,1H3,(H,20,21). The fourth-order valence-corrected chi connectivity index (χ4v) is 2.43. The molecular weight excluding hydrogens is 290 g/mol. The third-order valence-electron chi connectivity index (χ3n) is 3.74. The largest absolute Gasteiger partial charge is 0.480 e. The molecule has 1 heterocycles. The van der Waals surface area contributed by atoms with E-state index in [1.165, 1.54) is 19.2 Å². The lowest BCUT2D eigenvalue weighted by Gasteiger charge is -2.18. The van der Waals surface area contributed by atoms with Crippen LogP contribution in [-0.4, -0.2) is 18.0 Å². The summed E-state index contributed by atoms with van der Waals surface area (Å²) < 4.78 is 31.7. The van der Waals surface area contributed by atoms with E-state index >= 15 is 0 Å². The second-order valence-corrected chi connectivity index (χ2v) is 5.26. The van der Waals surface area contributed by atoms with E-state index in [0.29, 0.717) is 18.4 Å². The minimum Gasteiger partial charge on any atom is -0.480 e. The summed E-state index contributed by atoms with van der Waals surface area (Å²) in [5, 5.41) is 2.84. The molecule has 22 heavy (non-hydrogen) atoms. The molecule has 1 saturated carbocycles. The van der Waals surface area contributed by atoms with Crippen LogP contribution in [0.15, 0.2) is 36.5 Å². The van der Waals surface area contributed by atoms with Crippen LogP contribution in [0.5, 0.6) is 5.88 Å². The Hall–Kier alpha value is -2.50. The molecule has 0 atom stereocenters. The summed E-state index contributed by atoms with van der Waals surface area (Å²) in [6, 6.07) is 7.18. The Morgan fingerprint density at radius 1 is 1.27 bits per heavy atom. The molecule has 0 aliphatic heterocycles. The van der Waals surface area contributed by atoms with Crippen LogP contribution in [0.25, 0.3) is 0 Å². The average molecular weight is 304 g/mol. The van der Waals surface area contributed by atoms with Crippen molar-refractivity contribution in [2.45, 2.75) is 18.4 Å². The first-order valence-electron chi connectivity index (χ1n) is 6.82. The van der Waals surface area contributed by atoms with Crippen molar-refractivity contribution >= 4 is 5.91 Å². The number of aromatic nitrogens is 1. The van der Waals surface area contributed by atoms with Gasteiger partial charge in [0.25, 0.3) is 5.91 Å². The molecule has 1 aliphatic carbocycles. The minimum atomic E-state index is -0.624. The highest BCUT2D eigenvalue weighted by atomic mass is 19.1. The topological polar surface area (TPSA) is 51.2 Å². The van der Waals surface area contributed by atoms with Gasteiger partial charge in [0.1, 0.15) is 17.2 Å². The maximum atomic E-state index is 13.4. The number of methoxy groups -OCH3 is 1. The van der Waals surface area contributed by atoms with Gasteiger partial charge in [-0.25, -0.2) is 13.8 Å². The van der Waals surface area contributed by atoms with Gasteiger partial charge < -0.3 is 10.1 Å². The van der Waals surface area contributed by atoms with Gasteiger partial charge in [0.2, 0.25) is 5.88 Å². The number of carbonyl (C=O) groups is 1. The Morgan fingerprint density at radius 3 is 2.68 bits per heavy atom. The van der Waals surface area contributed by atoms with Crippen LogP contribution in [0.3, 0.4) is 0 Å². The van der Waals surface area contributed by atoms with Gasteiger partial charge in [-0.3, -0.25) is 4.79 Å². The number of halogens is 2. The zero-order valence-electron chi connectivity index (χ0n) is 11.9. The molecule has 0 bridgehead atoms. The number of pyridine rings is 1. The van der Waals surface area contributed by atoms with Crippen molar-refractivity contribution in [2.75, 3.05) is 7.11 Å². The van der Waals surface area contributed by atoms with Gasteiger partial charge in [-0.05, 0) is 36.6 Å². The molecule has 1 aliphatic rings. The second-order valence-electron chi connectivity index (χ2n) is 5.26. The molecule has 1 aromatic heterocycles. The van der Waals surface area contributed by atoms with Crippen LogP contribution < -0.4 is 10.1 Å². The summed E-state index contributed by atoms with van der Waals surface area (Å²) in [6.07, 6.45) is 2.38. The molecule has 0 saturated heterocycles. The summed E-state index contributed by atoms with van der Waals surface area (Å²) in [5.41, 5.74) is 0.116. The molecule has 0 spiro atoms. The first kappa shape index (κ1) is 14.4. The monoisotopic (exact) mass is 304 g/mol. The molecular formula is C16H14F2N2O2. The minimum absolute atomic E-state index is 0.0187. The van der Waals surface area contributed by atoms with E-state index in [-0.39, 0.29) is 17.3 Å². The molecule has 3 rings (SSSR count). The fraction of sp³-hybridized carbons (Fsp3) is 0.250. The molecule has 6 heteroatoms. The third kappa shape index (κ3) is 2.64. The first-order chi connectivity index (χ1) is 10.5. The summed E-state index contributed by atoms with van der Waals surface area (Å²) in [6.45, 7) is 0. The van der Waals surface area contributed by atoms with Crippen LogP contribution in [0.2, 0.25) is 0 Å². The van der Waals surface area contributed by atoms with Crippen molar-refractivity contribution in [1.82, 2.24) is 10.3 Å². The van der Waals surface area contributed by atoms with Crippen LogP contribution in [0, 0.1) is 11.6 Å². The maximum absolute atomic E-state index is 13.4. The van der Waals surface area contributed by atoms with Gasteiger partial charge in [0.15, 0.2) is 0 Å². The number of hydrogen-bond acceptors (Lipinski definition) is 3. The Balaban J connectivity index is 1.87. The number of nitrogens with one attached hydrogen (secondary N) is 1. The van der Waals surface area contributed by atoms with E-state index in [4.69, 9.17) is 4.74 Å². The highest BCUT2D eigenvalue weighted by Gasteiger charge is 2.46. The summed E-state index contributed by atoms with van der Waals surface area (Å²) in [4.78, 5) is 16.1. The van der Waals surface area contributed by atoms with E-state index < -0.39 is 17.3 Å². The van der Waals surface area contributed by atoms with E-state index in [1.807, 2.05) is 0 Å². The van der Waals surface area contributed by atoms with Crippen LogP contribution in [-0.2, 0) is 5.54 Å². The molecule has 1 N–H and O–H groups in total. The molecule has 114 valence electrons. The lowest BCUT2D eigenvalue weighted by atomic mass is 10.0. The molecule has 1 aromatic carbocycles. The Morgan fingerprint density at radius 2 is 2.05 bits per heavy atom. The summed E-state index contributed by atoms with van der Waals surface area (Å²) in [5.74, 6) is -1.43. The van der Waals surface area contributed by atoms with Gasteiger partial charge >= 0.3 is 0 Å². The number of rotatable bonds is 4. The SMILES string of the molecule is COc1ncc(F)cc1C(=O)NC1(c2cccc(F)c2)CC1. The van der Waals surface area contributed by atoms with Crippen molar-refractivity contribution < 1.29 is 18.3 Å². The van der Waals surface area contributed by atoms with Gasteiger partial charge in [-0.2, -0.15) is 0 Å². The maximum Gasteiger partial charge on any atom is 0.257 e. The van der Waals surface area contributed by atoms with E-state index in [0.717, 1.165) is 12.3 Å². The van der Waals surface area contributed by atoms with Crippen LogP contribution in [0.4, 0.5) is 8.78 Å². The van der Waals surface area contributed by atoms with Gasteiger partial charge in [-0.15, -0.1) is 0 Å². The summed E-state index contributed by atoms with van der Waals surface area (Å²) in [7, 11) is 1.36. The smallest absolute Gasteiger partial charge is 0.257 e. The number of benzene rings is 1. The van der Waals surface area contributed by atoms with Crippen molar-refractivity contribution in [3.05, 3.63) is 59.3 Å². The molecule has 1 fully saturated rings. The number of hydrogen-bond donors (Lipinski definition) is 1. The third-order valence-corrected chi connectivity index (χ3v) is 3.74. The molecule has 0 unspecified atom stereocenters. The highest BCUT2D eigenvalue weighted by Crippen LogP contribution is 2.45. The Labute approximate surface area is 126 Å². The zero-order valence-corrected chi connectivity index (χ0v) is 11.9. The van der Waals surface area contributed by atoms with Crippen LogP contribution in [0.1, 0.15) is 28.8 Å².